The Kier molecular flexibility index (Phi) is 2.03. The summed E-state index contributed by atoms with van der Waals surface area (Å²) in [6.45, 7) is 4.09. The molecule has 0 amide bonds. The molecular weight excluding hydrogens is 172 g/mol. The Morgan fingerprint density at radius 1 is 1.36 bits per heavy atom. The van der Waals surface area contributed by atoms with Gasteiger partial charge in [0.15, 0.2) is 0 Å². The van der Waals surface area contributed by atoms with Gasteiger partial charge in [0, 0.05) is 0 Å². The van der Waals surface area contributed by atoms with Gasteiger partial charge >= 0.3 is 0 Å². The van der Waals surface area contributed by atoms with Crippen LogP contribution in [0, 0.1) is 5.92 Å². The summed E-state index contributed by atoms with van der Waals surface area (Å²) >= 11 is 0. The third-order valence-electron chi connectivity index (χ3n) is 3.30. The number of fused-ring (bicyclic) bond motifs is 1. The number of allylic oxidation sites excluding steroid dienone is 1. The van der Waals surface area contributed by atoms with Gasteiger partial charge in [0.2, 0.25) is 0 Å². The van der Waals surface area contributed by atoms with Gasteiger partial charge in [0.05, 0.1) is 5.41 Å². The van der Waals surface area contributed by atoms with E-state index in [1.165, 1.54) is 5.56 Å². The van der Waals surface area contributed by atoms with E-state index in [-0.39, 0.29) is 11.3 Å². The first kappa shape index (κ1) is 9.20. The predicted octanol–water partition coefficient (Wildman–Crippen LogP) is 2.81. The maximum Gasteiger partial charge on any atom is 0.130 e. The lowest BCUT2D eigenvalue weighted by molar-refractivity contribution is -0.113. The standard InChI is InChI=1S/C13H14O/c1-10-7-8-11-5-3-4-6-12(11)13(10,2)9-14/h3-10H,1-2H3/t10-,13-/m0/s1. The van der Waals surface area contributed by atoms with Gasteiger partial charge in [0.1, 0.15) is 6.29 Å². The van der Waals surface area contributed by atoms with Crippen LogP contribution in [0.2, 0.25) is 0 Å². The maximum absolute atomic E-state index is 11.2. The molecule has 0 aliphatic heterocycles. The van der Waals surface area contributed by atoms with E-state index in [2.05, 4.69) is 25.1 Å². The first-order chi connectivity index (χ1) is 6.68. The predicted molar refractivity (Wildman–Crippen MR) is 58.1 cm³/mol. The average Bonchev–Trinajstić information content (AvgIpc) is 2.24. The third kappa shape index (κ3) is 1.12. The zero-order chi connectivity index (χ0) is 10.2. The van der Waals surface area contributed by atoms with Gasteiger partial charge in [-0.15, -0.1) is 0 Å². The Labute approximate surface area is 84.5 Å². The number of hydrogen-bond donors (Lipinski definition) is 0. The van der Waals surface area contributed by atoms with Crippen LogP contribution < -0.4 is 0 Å². The molecule has 0 aromatic heterocycles. The van der Waals surface area contributed by atoms with Gasteiger partial charge in [-0.25, -0.2) is 0 Å². The molecule has 0 spiro atoms. The molecular formula is C13H14O. The molecule has 0 bridgehead atoms. The fourth-order valence-corrected chi connectivity index (χ4v) is 2.00. The van der Waals surface area contributed by atoms with E-state index in [1.54, 1.807) is 0 Å². The van der Waals surface area contributed by atoms with Crippen molar-refractivity contribution < 1.29 is 4.79 Å². The number of carbonyl (C=O) groups excluding carboxylic acids is 1. The number of rotatable bonds is 1. The Bertz CT molecular complexity index is 392. The van der Waals surface area contributed by atoms with Gasteiger partial charge in [-0.3, -0.25) is 0 Å². The first-order valence-corrected chi connectivity index (χ1v) is 4.92. The number of benzene rings is 1. The molecule has 0 saturated heterocycles. The van der Waals surface area contributed by atoms with E-state index in [0.717, 1.165) is 11.8 Å². The second kappa shape index (κ2) is 3.09. The summed E-state index contributed by atoms with van der Waals surface area (Å²) in [6.07, 6.45) is 5.28. The Balaban J connectivity index is 2.65. The lowest BCUT2D eigenvalue weighted by atomic mass is 9.69. The van der Waals surface area contributed by atoms with Gasteiger partial charge in [0.25, 0.3) is 0 Å². The Morgan fingerprint density at radius 3 is 2.79 bits per heavy atom. The van der Waals surface area contributed by atoms with E-state index in [4.69, 9.17) is 0 Å². The van der Waals surface area contributed by atoms with Crippen molar-refractivity contribution in [1.82, 2.24) is 0 Å². The zero-order valence-corrected chi connectivity index (χ0v) is 8.53. The van der Waals surface area contributed by atoms with Crippen LogP contribution in [0.4, 0.5) is 0 Å². The molecule has 0 unspecified atom stereocenters. The number of aldehydes is 1. The number of carbonyl (C=O) groups is 1. The molecule has 0 radical (unpaired) electrons. The van der Waals surface area contributed by atoms with Crippen LogP contribution in [-0.4, -0.2) is 6.29 Å². The van der Waals surface area contributed by atoms with Gasteiger partial charge in [-0.05, 0) is 24.0 Å². The molecule has 2 atom stereocenters. The molecule has 0 fully saturated rings. The van der Waals surface area contributed by atoms with Crippen molar-refractivity contribution >= 4 is 12.4 Å². The van der Waals surface area contributed by atoms with Gasteiger partial charge in [-0.2, -0.15) is 0 Å². The van der Waals surface area contributed by atoms with Crippen LogP contribution in [-0.2, 0) is 10.2 Å². The summed E-state index contributed by atoms with van der Waals surface area (Å²) < 4.78 is 0. The van der Waals surface area contributed by atoms with E-state index < -0.39 is 0 Å². The maximum atomic E-state index is 11.2. The molecule has 2 rings (SSSR count). The summed E-state index contributed by atoms with van der Waals surface area (Å²) in [5, 5.41) is 0. The largest absolute Gasteiger partial charge is 0.302 e. The SMILES string of the molecule is C[C@H]1C=Cc2ccccc2[C@@]1(C)C=O. The molecule has 0 N–H and O–H groups in total. The second-order valence-electron chi connectivity index (χ2n) is 4.14. The van der Waals surface area contributed by atoms with Gasteiger partial charge in [-0.1, -0.05) is 43.3 Å². The van der Waals surface area contributed by atoms with Crippen molar-refractivity contribution in [3.8, 4) is 0 Å². The van der Waals surface area contributed by atoms with E-state index in [1.807, 2.05) is 25.1 Å². The first-order valence-electron chi connectivity index (χ1n) is 4.92. The second-order valence-corrected chi connectivity index (χ2v) is 4.14. The summed E-state index contributed by atoms with van der Waals surface area (Å²) in [6, 6.07) is 8.10. The highest BCUT2D eigenvalue weighted by molar-refractivity contribution is 5.75. The molecule has 1 aliphatic carbocycles. The van der Waals surface area contributed by atoms with Crippen LogP contribution in [0.25, 0.3) is 6.08 Å². The Hall–Kier alpha value is -1.37. The molecule has 0 heterocycles. The topological polar surface area (TPSA) is 17.1 Å². The molecule has 14 heavy (non-hydrogen) atoms. The minimum atomic E-state index is -0.356. The monoisotopic (exact) mass is 186 g/mol. The van der Waals surface area contributed by atoms with Crippen LogP contribution >= 0.6 is 0 Å². The molecule has 72 valence electrons. The van der Waals surface area contributed by atoms with Crippen LogP contribution in [0.1, 0.15) is 25.0 Å². The van der Waals surface area contributed by atoms with Gasteiger partial charge < -0.3 is 4.79 Å². The van der Waals surface area contributed by atoms with E-state index in [9.17, 15) is 4.79 Å². The average molecular weight is 186 g/mol. The van der Waals surface area contributed by atoms with Crippen LogP contribution in [0.5, 0.6) is 0 Å². The molecule has 1 nitrogen and oxygen atoms in total. The molecule has 1 heteroatoms. The summed E-state index contributed by atoms with van der Waals surface area (Å²) in [4.78, 5) is 11.2. The summed E-state index contributed by atoms with van der Waals surface area (Å²) in [5.41, 5.74) is 1.95. The summed E-state index contributed by atoms with van der Waals surface area (Å²) in [5.74, 6) is 0.273. The normalized spacial score (nSPS) is 29.7. The highest BCUT2D eigenvalue weighted by Crippen LogP contribution is 2.37. The smallest absolute Gasteiger partial charge is 0.130 e. The quantitative estimate of drug-likeness (QED) is 0.616. The third-order valence-corrected chi connectivity index (χ3v) is 3.30. The van der Waals surface area contributed by atoms with Crippen molar-refractivity contribution in [3.05, 3.63) is 41.5 Å². The fourth-order valence-electron chi connectivity index (χ4n) is 2.00. The Morgan fingerprint density at radius 2 is 2.07 bits per heavy atom. The molecule has 1 aromatic carbocycles. The van der Waals surface area contributed by atoms with Crippen LogP contribution in [0.15, 0.2) is 30.3 Å². The molecule has 0 saturated carbocycles. The highest BCUT2D eigenvalue weighted by atomic mass is 16.1. The van der Waals surface area contributed by atoms with Crippen molar-refractivity contribution in [2.24, 2.45) is 5.92 Å². The zero-order valence-electron chi connectivity index (χ0n) is 8.53. The minimum Gasteiger partial charge on any atom is -0.302 e. The summed E-state index contributed by atoms with van der Waals surface area (Å²) in [7, 11) is 0. The number of hydrogen-bond acceptors (Lipinski definition) is 1. The van der Waals surface area contributed by atoms with Crippen LogP contribution in [0.3, 0.4) is 0 Å². The highest BCUT2D eigenvalue weighted by Gasteiger charge is 2.34. The van der Waals surface area contributed by atoms with Crippen molar-refractivity contribution in [3.63, 3.8) is 0 Å². The minimum absolute atomic E-state index is 0.273. The van der Waals surface area contributed by atoms with Crippen molar-refractivity contribution in [2.45, 2.75) is 19.3 Å². The molecule has 1 aromatic rings. The van der Waals surface area contributed by atoms with Crippen molar-refractivity contribution in [1.29, 1.82) is 0 Å². The lowest BCUT2D eigenvalue weighted by Gasteiger charge is -2.33. The molecule has 1 aliphatic rings. The fraction of sp³-hybridized carbons (Fsp3) is 0.308. The lowest BCUT2D eigenvalue weighted by Crippen LogP contribution is -2.33. The van der Waals surface area contributed by atoms with E-state index in [0.29, 0.717) is 0 Å². The van der Waals surface area contributed by atoms with E-state index >= 15 is 0 Å². The van der Waals surface area contributed by atoms with Crippen molar-refractivity contribution in [2.75, 3.05) is 0 Å².